The van der Waals surface area contributed by atoms with Crippen LogP contribution in [0.15, 0.2) is 18.2 Å². The number of benzene rings is 1. The molecule has 0 spiro atoms. The first-order valence-corrected chi connectivity index (χ1v) is 5.98. The Bertz CT molecular complexity index is 399. The molecule has 19 heavy (non-hydrogen) atoms. The van der Waals surface area contributed by atoms with Gasteiger partial charge in [-0.1, -0.05) is 13.3 Å². The Labute approximate surface area is 119 Å². The first-order chi connectivity index (χ1) is 8.67. The fourth-order valence-electron chi connectivity index (χ4n) is 1.42. The molecule has 0 atom stereocenters. The lowest BCUT2D eigenvalue weighted by Crippen LogP contribution is -2.18. The van der Waals surface area contributed by atoms with Crippen LogP contribution in [0.1, 0.15) is 19.8 Å². The van der Waals surface area contributed by atoms with Gasteiger partial charge in [-0.25, -0.2) is 0 Å². The van der Waals surface area contributed by atoms with Crippen LogP contribution in [0.3, 0.4) is 0 Å². The van der Waals surface area contributed by atoms with Gasteiger partial charge in [0, 0.05) is 12.3 Å². The number of anilines is 2. The van der Waals surface area contributed by atoms with Crippen LogP contribution in [-0.2, 0) is 9.53 Å². The second kappa shape index (κ2) is 9.47. The van der Waals surface area contributed by atoms with E-state index in [1.54, 1.807) is 25.3 Å². The first-order valence-electron chi connectivity index (χ1n) is 5.98. The van der Waals surface area contributed by atoms with Crippen LogP contribution in [-0.4, -0.2) is 26.2 Å². The minimum Gasteiger partial charge on any atom is -0.495 e. The van der Waals surface area contributed by atoms with Crippen molar-refractivity contribution >= 4 is 29.7 Å². The van der Waals surface area contributed by atoms with E-state index < -0.39 is 0 Å². The van der Waals surface area contributed by atoms with Crippen LogP contribution in [0.5, 0.6) is 5.75 Å². The third kappa shape index (κ3) is 6.31. The second-order valence-electron chi connectivity index (χ2n) is 3.91. The molecule has 5 nitrogen and oxygen atoms in total. The van der Waals surface area contributed by atoms with Crippen molar-refractivity contribution < 1.29 is 14.3 Å². The van der Waals surface area contributed by atoms with Crippen molar-refractivity contribution in [3.05, 3.63) is 18.2 Å². The standard InChI is InChI=1S/C13H20N2O3.ClH/c1-3-4-7-18-9-13(16)15-10-5-6-12(17-2)11(14)8-10;/h5-6,8H,3-4,7,9,14H2,1-2H3,(H,15,16);1H. The molecule has 0 saturated carbocycles. The molecule has 0 aliphatic carbocycles. The van der Waals surface area contributed by atoms with Gasteiger partial charge in [0.2, 0.25) is 5.91 Å². The van der Waals surface area contributed by atoms with Crippen molar-refractivity contribution in [3.8, 4) is 5.75 Å². The maximum absolute atomic E-state index is 11.5. The maximum atomic E-state index is 11.5. The fourth-order valence-corrected chi connectivity index (χ4v) is 1.42. The Morgan fingerprint density at radius 1 is 1.42 bits per heavy atom. The molecule has 3 N–H and O–H groups in total. The molecular weight excluding hydrogens is 268 g/mol. The minimum atomic E-state index is -0.185. The van der Waals surface area contributed by atoms with Gasteiger partial charge >= 0.3 is 0 Å². The van der Waals surface area contributed by atoms with Crippen LogP contribution >= 0.6 is 12.4 Å². The van der Waals surface area contributed by atoms with Gasteiger partial charge in [-0.15, -0.1) is 12.4 Å². The van der Waals surface area contributed by atoms with E-state index in [1.807, 2.05) is 0 Å². The highest BCUT2D eigenvalue weighted by atomic mass is 35.5. The third-order valence-corrected chi connectivity index (χ3v) is 2.39. The van der Waals surface area contributed by atoms with E-state index in [0.29, 0.717) is 23.7 Å². The number of nitrogens with two attached hydrogens (primary N) is 1. The number of nitrogens with one attached hydrogen (secondary N) is 1. The highest BCUT2D eigenvalue weighted by Crippen LogP contribution is 2.24. The third-order valence-electron chi connectivity index (χ3n) is 2.39. The molecule has 0 aromatic heterocycles. The molecule has 0 unspecified atom stereocenters. The van der Waals surface area contributed by atoms with Gasteiger partial charge in [0.25, 0.3) is 0 Å². The normalized spacial score (nSPS) is 9.58. The van der Waals surface area contributed by atoms with Crippen molar-refractivity contribution in [3.63, 3.8) is 0 Å². The van der Waals surface area contributed by atoms with Gasteiger partial charge in [-0.05, 0) is 24.6 Å². The summed E-state index contributed by atoms with van der Waals surface area (Å²) >= 11 is 0. The van der Waals surface area contributed by atoms with Gasteiger partial charge in [0.1, 0.15) is 12.4 Å². The Hall–Kier alpha value is -1.46. The lowest BCUT2D eigenvalue weighted by molar-refractivity contribution is -0.120. The molecule has 1 aromatic carbocycles. The molecular formula is C13H21ClN2O3. The summed E-state index contributed by atoms with van der Waals surface area (Å²) in [5.41, 5.74) is 6.86. The van der Waals surface area contributed by atoms with Crippen molar-refractivity contribution in [2.24, 2.45) is 0 Å². The number of hydrogen-bond donors (Lipinski definition) is 2. The quantitative estimate of drug-likeness (QED) is 0.597. The molecule has 0 saturated heterocycles. The summed E-state index contributed by atoms with van der Waals surface area (Å²) < 4.78 is 10.2. The summed E-state index contributed by atoms with van der Waals surface area (Å²) in [6, 6.07) is 5.10. The number of halogens is 1. The van der Waals surface area contributed by atoms with E-state index in [2.05, 4.69) is 12.2 Å². The fraction of sp³-hybridized carbons (Fsp3) is 0.462. The van der Waals surface area contributed by atoms with Gasteiger partial charge in [-0.2, -0.15) is 0 Å². The van der Waals surface area contributed by atoms with Gasteiger partial charge in [0.15, 0.2) is 0 Å². The monoisotopic (exact) mass is 288 g/mol. The molecule has 0 radical (unpaired) electrons. The zero-order chi connectivity index (χ0) is 13.4. The van der Waals surface area contributed by atoms with Gasteiger partial charge in [-0.3, -0.25) is 4.79 Å². The van der Waals surface area contributed by atoms with Crippen LogP contribution in [0.25, 0.3) is 0 Å². The van der Waals surface area contributed by atoms with E-state index in [-0.39, 0.29) is 24.9 Å². The van der Waals surface area contributed by atoms with Crippen LogP contribution in [0, 0.1) is 0 Å². The SMILES string of the molecule is CCCCOCC(=O)Nc1ccc(OC)c(N)c1.Cl. The van der Waals surface area contributed by atoms with E-state index in [4.69, 9.17) is 15.2 Å². The molecule has 1 aromatic rings. The molecule has 108 valence electrons. The molecule has 0 aliphatic rings. The topological polar surface area (TPSA) is 73.6 Å². The molecule has 0 aliphatic heterocycles. The van der Waals surface area contributed by atoms with E-state index >= 15 is 0 Å². The molecule has 0 fully saturated rings. The molecule has 6 heteroatoms. The van der Waals surface area contributed by atoms with Crippen LogP contribution in [0.2, 0.25) is 0 Å². The highest BCUT2D eigenvalue weighted by molar-refractivity contribution is 5.92. The lowest BCUT2D eigenvalue weighted by atomic mass is 10.2. The van der Waals surface area contributed by atoms with Gasteiger partial charge < -0.3 is 20.5 Å². The summed E-state index contributed by atoms with van der Waals surface area (Å²) in [7, 11) is 1.55. The summed E-state index contributed by atoms with van der Waals surface area (Å²) in [6.07, 6.45) is 2.01. The molecule has 0 heterocycles. The number of carbonyl (C=O) groups excluding carboxylic acids is 1. The highest BCUT2D eigenvalue weighted by Gasteiger charge is 2.05. The zero-order valence-corrected chi connectivity index (χ0v) is 12.1. The number of carbonyl (C=O) groups is 1. The van der Waals surface area contributed by atoms with E-state index in [0.717, 1.165) is 12.8 Å². The smallest absolute Gasteiger partial charge is 0.250 e. The van der Waals surface area contributed by atoms with Crippen LogP contribution in [0.4, 0.5) is 11.4 Å². The summed E-state index contributed by atoms with van der Waals surface area (Å²) in [6.45, 7) is 2.74. The molecule has 0 bridgehead atoms. The summed E-state index contributed by atoms with van der Waals surface area (Å²) in [4.78, 5) is 11.5. The Balaban J connectivity index is 0.00000324. The minimum absolute atomic E-state index is 0. The van der Waals surface area contributed by atoms with E-state index in [9.17, 15) is 4.79 Å². The molecule has 1 rings (SSSR count). The Morgan fingerprint density at radius 2 is 2.16 bits per heavy atom. The number of hydrogen-bond acceptors (Lipinski definition) is 4. The van der Waals surface area contributed by atoms with Crippen molar-refractivity contribution in [1.29, 1.82) is 0 Å². The number of amides is 1. The second-order valence-corrected chi connectivity index (χ2v) is 3.91. The number of rotatable bonds is 7. The van der Waals surface area contributed by atoms with Gasteiger partial charge in [0.05, 0.1) is 12.8 Å². The summed E-state index contributed by atoms with van der Waals surface area (Å²) in [5, 5.41) is 2.71. The zero-order valence-electron chi connectivity index (χ0n) is 11.3. The first kappa shape index (κ1) is 17.5. The average Bonchev–Trinajstić information content (AvgIpc) is 2.35. The number of unbranched alkanes of at least 4 members (excludes halogenated alkanes) is 1. The Kier molecular flexibility index (Phi) is 8.74. The predicted molar refractivity (Wildman–Crippen MR) is 79.0 cm³/mol. The number of methoxy groups -OCH3 is 1. The predicted octanol–water partition coefficient (Wildman–Crippen LogP) is 2.45. The lowest BCUT2D eigenvalue weighted by Gasteiger charge is -2.09. The van der Waals surface area contributed by atoms with Crippen molar-refractivity contribution in [2.75, 3.05) is 31.4 Å². The molecule has 1 amide bonds. The van der Waals surface area contributed by atoms with Crippen LogP contribution < -0.4 is 15.8 Å². The van der Waals surface area contributed by atoms with Crippen molar-refractivity contribution in [1.82, 2.24) is 0 Å². The maximum Gasteiger partial charge on any atom is 0.250 e. The number of nitrogen functional groups attached to an aromatic ring is 1. The average molecular weight is 289 g/mol. The summed E-state index contributed by atoms with van der Waals surface area (Å²) in [5.74, 6) is 0.405. The Morgan fingerprint density at radius 3 is 2.74 bits per heavy atom. The largest absolute Gasteiger partial charge is 0.495 e. The van der Waals surface area contributed by atoms with E-state index in [1.165, 1.54) is 0 Å². The van der Waals surface area contributed by atoms with Crippen molar-refractivity contribution in [2.45, 2.75) is 19.8 Å². The number of ether oxygens (including phenoxy) is 2.